The van der Waals surface area contributed by atoms with Crippen molar-refractivity contribution in [3.05, 3.63) is 0 Å². The van der Waals surface area contributed by atoms with E-state index in [0.717, 1.165) is 13.2 Å². The molecule has 0 aromatic carbocycles. The molecule has 1 aliphatic carbocycles. The van der Waals surface area contributed by atoms with Crippen molar-refractivity contribution in [2.45, 2.75) is 38.1 Å². The van der Waals surface area contributed by atoms with Crippen molar-refractivity contribution in [1.29, 1.82) is 0 Å². The van der Waals surface area contributed by atoms with Gasteiger partial charge >= 0.3 is 0 Å². The van der Waals surface area contributed by atoms with Gasteiger partial charge in [-0.3, -0.25) is 0 Å². The van der Waals surface area contributed by atoms with Crippen LogP contribution in [-0.4, -0.2) is 25.8 Å². The molecule has 0 spiro atoms. The molecule has 0 heterocycles. The lowest BCUT2D eigenvalue weighted by molar-refractivity contribution is 0.142. The number of hydrogen-bond donors (Lipinski definition) is 1. The second-order valence-corrected chi connectivity index (χ2v) is 3.41. The fraction of sp³-hybridized carbons (Fsp3) is 1.00. The van der Waals surface area contributed by atoms with Crippen molar-refractivity contribution in [2.24, 2.45) is 0 Å². The lowest BCUT2D eigenvalue weighted by Gasteiger charge is -2.42. The third-order valence-electron chi connectivity index (χ3n) is 2.79. The van der Waals surface area contributed by atoms with Gasteiger partial charge in [0, 0.05) is 19.2 Å². The predicted octanol–water partition coefficient (Wildman–Crippen LogP) is 1.56. The first-order valence-corrected chi connectivity index (χ1v) is 4.57. The van der Waals surface area contributed by atoms with Gasteiger partial charge in [-0.05, 0) is 25.7 Å². The normalized spacial score (nSPS) is 21.3. The minimum atomic E-state index is 0.485. The van der Waals surface area contributed by atoms with Crippen LogP contribution in [0, 0.1) is 0 Å². The molecule has 0 bridgehead atoms. The van der Waals surface area contributed by atoms with Gasteiger partial charge in [0.1, 0.15) is 0 Å². The summed E-state index contributed by atoms with van der Waals surface area (Å²) in [6, 6.07) is 0. The molecule has 0 amide bonds. The molecule has 1 fully saturated rings. The van der Waals surface area contributed by atoms with Crippen molar-refractivity contribution in [1.82, 2.24) is 5.32 Å². The zero-order chi connectivity index (χ0) is 8.16. The van der Waals surface area contributed by atoms with Crippen LogP contribution in [0.2, 0.25) is 0 Å². The first-order chi connectivity index (χ1) is 5.33. The Kier molecular flexibility index (Phi) is 3.34. The van der Waals surface area contributed by atoms with E-state index >= 15 is 0 Å². The summed E-state index contributed by atoms with van der Waals surface area (Å²) < 4.78 is 4.99. The molecule has 0 saturated heterocycles. The van der Waals surface area contributed by atoms with Gasteiger partial charge in [0.05, 0.1) is 6.61 Å². The highest BCUT2D eigenvalue weighted by molar-refractivity contribution is 4.94. The molecule has 1 saturated carbocycles. The summed E-state index contributed by atoms with van der Waals surface area (Å²) in [5.74, 6) is 0. The van der Waals surface area contributed by atoms with E-state index in [9.17, 15) is 0 Å². The Morgan fingerprint density at radius 2 is 2.18 bits per heavy atom. The van der Waals surface area contributed by atoms with Crippen molar-refractivity contribution < 1.29 is 4.74 Å². The first-order valence-electron chi connectivity index (χ1n) is 4.57. The summed E-state index contributed by atoms with van der Waals surface area (Å²) in [6.45, 7) is 4.10. The average molecular weight is 157 g/mol. The molecule has 0 aromatic heterocycles. The summed E-state index contributed by atoms with van der Waals surface area (Å²) in [5, 5.41) is 3.56. The van der Waals surface area contributed by atoms with Crippen LogP contribution in [0.3, 0.4) is 0 Å². The average Bonchev–Trinajstić information content (AvgIpc) is 1.95. The van der Waals surface area contributed by atoms with E-state index in [1.807, 2.05) is 0 Å². The zero-order valence-electron chi connectivity index (χ0n) is 7.65. The molecule has 11 heavy (non-hydrogen) atoms. The van der Waals surface area contributed by atoms with Gasteiger partial charge in [-0.15, -0.1) is 0 Å². The van der Waals surface area contributed by atoms with E-state index in [2.05, 4.69) is 12.2 Å². The summed E-state index contributed by atoms with van der Waals surface area (Å²) in [6.07, 6.45) is 5.37. The van der Waals surface area contributed by atoms with Crippen LogP contribution in [-0.2, 0) is 4.74 Å². The smallest absolute Gasteiger partial charge is 0.0587 e. The van der Waals surface area contributed by atoms with E-state index in [1.54, 1.807) is 7.11 Å². The number of methoxy groups -OCH3 is 1. The molecule has 1 rings (SSSR count). The van der Waals surface area contributed by atoms with Crippen LogP contribution in [0.15, 0.2) is 0 Å². The van der Waals surface area contributed by atoms with Crippen molar-refractivity contribution in [3.8, 4) is 0 Å². The number of hydrogen-bond acceptors (Lipinski definition) is 2. The molecular formula is C9H19NO. The fourth-order valence-electron chi connectivity index (χ4n) is 1.68. The zero-order valence-corrected chi connectivity index (χ0v) is 7.65. The molecule has 2 heteroatoms. The molecule has 0 aliphatic heterocycles. The Balaban J connectivity index is 2.11. The number of ether oxygens (including phenoxy) is 1. The Morgan fingerprint density at radius 1 is 1.45 bits per heavy atom. The lowest BCUT2D eigenvalue weighted by atomic mass is 9.75. The van der Waals surface area contributed by atoms with Gasteiger partial charge < -0.3 is 10.1 Å². The molecule has 2 nitrogen and oxygen atoms in total. The highest BCUT2D eigenvalue weighted by Crippen LogP contribution is 2.34. The van der Waals surface area contributed by atoms with Crippen LogP contribution >= 0.6 is 0 Å². The predicted molar refractivity (Wildman–Crippen MR) is 46.8 cm³/mol. The molecule has 1 N–H and O–H groups in total. The highest BCUT2D eigenvalue weighted by Gasteiger charge is 2.33. The SMILES string of the molecule is CCC1(NCCOC)CCC1. The second-order valence-electron chi connectivity index (χ2n) is 3.41. The van der Waals surface area contributed by atoms with Crippen LogP contribution in [0.1, 0.15) is 32.6 Å². The van der Waals surface area contributed by atoms with Crippen molar-refractivity contribution in [3.63, 3.8) is 0 Å². The number of nitrogens with one attached hydrogen (secondary N) is 1. The number of rotatable bonds is 5. The summed E-state index contributed by atoms with van der Waals surface area (Å²) in [7, 11) is 1.75. The van der Waals surface area contributed by atoms with Crippen molar-refractivity contribution in [2.75, 3.05) is 20.3 Å². The van der Waals surface area contributed by atoms with Crippen LogP contribution < -0.4 is 5.32 Å². The summed E-state index contributed by atoms with van der Waals surface area (Å²) in [5.41, 5.74) is 0.485. The van der Waals surface area contributed by atoms with Crippen LogP contribution in [0.4, 0.5) is 0 Å². The minimum Gasteiger partial charge on any atom is -0.383 e. The second kappa shape index (κ2) is 4.07. The quantitative estimate of drug-likeness (QED) is 0.611. The third-order valence-corrected chi connectivity index (χ3v) is 2.79. The third kappa shape index (κ3) is 2.17. The molecule has 0 atom stereocenters. The Labute approximate surface area is 69.3 Å². The van der Waals surface area contributed by atoms with Gasteiger partial charge in [0.25, 0.3) is 0 Å². The monoisotopic (exact) mass is 157 g/mol. The van der Waals surface area contributed by atoms with Crippen molar-refractivity contribution >= 4 is 0 Å². The molecule has 66 valence electrons. The van der Waals surface area contributed by atoms with Gasteiger partial charge in [0.15, 0.2) is 0 Å². The van der Waals surface area contributed by atoms with Gasteiger partial charge in [-0.25, -0.2) is 0 Å². The molecule has 0 radical (unpaired) electrons. The largest absolute Gasteiger partial charge is 0.383 e. The van der Waals surface area contributed by atoms with Gasteiger partial charge in [-0.1, -0.05) is 6.92 Å². The Morgan fingerprint density at radius 3 is 2.55 bits per heavy atom. The Hall–Kier alpha value is -0.0800. The van der Waals surface area contributed by atoms with E-state index in [4.69, 9.17) is 4.74 Å². The first kappa shape index (κ1) is 9.01. The van der Waals surface area contributed by atoms with E-state index in [0.29, 0.717) is 5.54 Å². The lowest BCUT2D eigenvalue weighted by Crippen LogP contribution is -2.51. The maximum Gasteiger partial charge on any atom is 0.0587 e. The topological polar surface area (TPSA) is 21.3 Å². The van der Waals surface area contributed by atoms with Gasteiger partial charge in [-0.2, -0.15) is 0 Å². The molecule has 0 aromatic rings. The molecular weight excluding hydrogens is 138 g/mol. The Bertz CT molecular complexity index is 105. The highest BCUT2D eigenvalue weighted by atomic mass is 16.5. The molecule has 0 unspecified atom stereocenters. The minimum absolute atomic E-state index is 0.485. The van der Waals surface area contributed by atoms with E-state index in [-0.39, 0.29) is 0 Å². The fourth-order valence-corrected chi connectivity index (χ4v) is 1.68. The molecule has 1 aliphatic rings. The van der Waals surface area contributed by atoms with E-state index < -0.39 is 0 Å². The van der Waals surface area contributed by atoms with Gasteiger partial charge in [0.2, 0.25) is 0 Å². The van der Waals surface area contributed by atoms with E-state index in [1.165, 1.54) is 25.7 Å². The summed E-state index contributed by atoms with van der Waals surface area (Å²) >= 11 is 0. The standard InChI is InChI=1S/C9H19NO/c1-3-9(5-4-6-9)10-7-8-11-2/h10H,3-8H2,1-2H3. The maximum absolute atomic E-state index is 4.99. The summed E-state index contributed by atoms with van der Waals surface area (Å²) in [4.78, 5) is 0. The maximum atomic E-state index is 4.99. The van der Waals surface area contributed by atoms with Crippen LogP contribution in [0.25, 0.3) is 0 Å². The van der Waals surface area contributed by atoms with Crippen LogP contribution in [0.5, 0.6) is 0 Å².